The fraction of sp³-hybridized carbons (Fsp3) is 0.579. The van der Waals surface area contributed by atoms with Crippen molar-refractivity contribution in [1.29, 1.82) is 0 Å². The predicted molar refractivity (Wildman–Crippen MR) is 96.7 cm³/mol. The lowest BCUT2D eigenvalue weighted by Gasteiger charge is -2.34. The minimum Gasteiger partial charge on any atom is -0.479 e. The molecule has 0 radical (unpaired) electrons. The van der Waals surface area contributed by atoms with E-state index in [1.165, 1.54) is 12.7 Å². The maximum Gasteiger partial charge on any atom is 0.289 e. The number of allylic oxidation sites excluding steroid dienone is 1. The second-order valence-electron chi connectivity index (χ2n) is 7.32. The quantitative estimate of drug-likeness (QED) is 0.742. The van der Waals surface area contributed by atoms with Gasteiger partial charge in [0.15, 0.2) is 0 Å². The van der Waals surface area contributed by atoms with Gasteiger partial charge in [-0.15, -0.1) is 0 Å². The standard InChI is InChI=1S/C19H25FN4O3/c1-11-7-12(8-11)9-16(25)22-14-5-3-4-6-15(14)23-18(26)17-21-10-13(20)19(24-17)27-2/h10,12,14-15H,1,3-9H2,2H3,(H,22,25)(H,23,26)/t14-,15-/m0/s1. The van der Waals surface area contributed by atoms with Crippen LogP contribution < -0.4 is 15.4 Å². The first-order valence-electron chi connectivity index (χ1n) is 9.29. The van der Waals surface area contributed by atoms with Crippen molar-refractivity contribution in [3.05, 3.63) is 30.0 Å². The topological polar surface area (TPSA) is 93.2 Å². The van der Waals surface area contributed by atoms with Crippen molar-refractivity contribution in [2.75, 3.05) is 7.11 Å². The molecule has 0 aliphatic heterocycles. The van der Waals surface area contributed by atoms with Gasteiger partial charge in [0, 0.05) is 18.5 Å². The summed E-state index contributed by atoms with van der Waals surface area (Å²) in [5, 5.41) is 5.94. The Balaban J connectivity index is 1.58. The highest BCUT2D eigenvalue weighted by atomic mass is 19.1. The third-order valence-corrected chi connectivity index (χ3v) is 5.17. The van der Waals surface area contributed by atoms with Crippen LogP contribution in [0.15, 0.2) is 18.3 Å². The molecule has 2 aliphatic rings. The zero-order chi connectivity index (χ0) is 19.4. The number of hydrogen-bond donors (Lipinski definition) is 2. The highest BCUT2D eigenvalue weighted by Crippen LogP contribution is 2.34. The zero-order valence-electron chi connectivity index (χ0n) is 15.5. The summed E-state index contributed by atoms with van der Waals surface area (Å²) in [7, 11) is 1.28. The molecular formula is C19H25FN4O3. The van der Waals surface area contributed by atoms with Crippen LogP contribution in [0.2, 0.25) is 0 Å². The fourth-order valence-corrected chi connectivity index (χ4v) is 3.74. The summed E-state index contributed by atoms with van der Waals surface area (Å²) >= 11 is 0. The molecule has 146 valence electrons. The van der Waals surface area contributed by atoms with E-state index in [0.717, 1.165) is 44.7 Å². The van der Waals surface area contributed by atoms with Crippen LogP contribution in [-0.2, 0) is 4.79 Å². The Morgan fingerprint density at radius 1 is 1.26 bits per heavy atom. The van der Waals surface area contributed by atoms with Crippen molar-refractivity contribution in [1.82, 2.24) is 20.6 Å². The number of carbonyl (C=O) groups excluding carboxylic acids is 2. The van der Waals surface area contributed by atoms with Crippen molar-refractivity contribution in [3.8, 4) is 5.88 Å². The number of hydrogen-bond acceptors (Lipinski definition) is 5. The summed E-state index contributed by atoms with van der Waals surface area (Å²) in [5.41, 5.74) is 1.20. The maximum atomic E-state index is 13.4. The third kappa shape index (κ3) is 4.81. The number of methoxy groups -OCH3 is 1. The van der Waals surface area contributed by atoms with E-state index in [-0.39, 0.29) is 29.7 Å². The molecule has 0 aromatic carbocycles. The summed E-state index contributed by atoms with van der Waals surface area (Å²) in [4.78, 5) is 32.3. The normalized spacial score (nSPS) is 22.7. The first kappa shape index (κ1) is 19.3. The van der Waals surface area contributed by atoms with Crippen LogP contribution in [0.3, 0.4) is 0 Å². The van der Waals surface area contributed by atoms with Crippen molar-refractivity contribution in [2.45, 2.75) is 57.0 Å². The van der Waals surface area contributed by atoms with Crippen LogP contribution in [0.5, 0.6) is 5.88 Å². The molecule has 2 aliphatic carbocycles. The Morgan fingerprint density at radius 3 is 2.56 bits per heavy atom. The number of nitrogens with zero attached hydrogens (tertiary/aromatic N) is 2. The van der Waals surface area contributed by atoms with Crippen molar-refractivity contribution >= 4 is 11.8 Å². The summed E-state index contributed by atoms with van der Waals surface area (Å²) in [6.07, 6.45) is 6.77. The Labute approximate surface area is 157 Å². The van der Waals surface area contributed by atoms with Crippen LogP contribution in [-0.4, -0.2) is 41.0 Å². The SMILES string of the molecule is C=C1CC(CC(=O)N[C@H]2CCCC[C@@H]2NC(=O)c2ncc(F)c(OC)n2)C1. The van der Waals surface area contributed by atoms with Gasteiger partial charge in [0.2, 0.25) is 17.5 Å². The predicted octanol–water partition coefficient (Wildman–Crippen LogP) is 2.14. The summed E-state index contributed by atoms with van der Waals surface area (Å²) in [6.45, 7) is 3.90. The first-order valence-corrected chi connectivity index (χ1v) is 9.29. The van der Waals surface area contributed by atoms with E-state index in [1.54, 1.807) is 0 Å². The van der Waals surface area contributed by atoms with Gasteiger partial charge in [0.1, 0.15) is 0 Å². The molecule has 0 unspecified atom stereocenters. The van der Waals surface area contributed by atoms with Gasteiger partial charge in [-0.3, -0.25) is 9.59 Å². The maximum absolute atomic E-state index is 13.4. The monoisotopic (exact) mass is 376 g/mol. The number of rotatable bonds is 6. The second-order valence-corrected chi connectivity index (χ2v) is 7.32. The lowest BCUT2D eigenvalue weighted by molar-refractivity contribution is -0.123. The molecule has 2 amide bonds. The molecule has 27 heavy (non-hydrogen) atoms. The van der Waals surface area contributed by atoms with E-state index in [0.29, 0.717) is 12.3 Å². The van der Waals surface area contributed by atoms with Crippen LogP contribution in [0.4, 0.5) is 4.39 Å². The van der Waals surface area contributed by atoms with E-state index >= 15 is 0 Å². The number of halogens is 1. The number of ether oxygens (including phenoxy) is 1. The lowest BCUT2D eigenvalue weighted by atomic mass is 9.79. The van der Waals surface area contributed by atoms with E-state index < -0.39 is 11.7 Å². The van der Waals surface area contributed by atoms with Gasteiger partial charge in [-0.1, -0.05) is 25.0 Å². The summed E-state index contributed by atoms with van der Waals surface area (Å²) < 4.78 is 18.2. The van der Waals surface area contributed by atoms with Crippen molar-refractivity contribution < 1.29 is 18.7 Å². The third-order valence-electron chi connectivity index (χ3n) is 5.17. The van der Waals surface area contributed by atoms with Gasteiger partial charge in [-0.2, -0.15) is 9.37 Å². The number of aromatic nitrogens is 2. The number of carbonyl (C=O) groups is 2. The molecule has 8 heteroatoms. The fourth-order valence-electron chi connectivity index (χ4n) is 3.74. The molecule has 3 rings (SSSR count). The number of amides is 2. The molecule has 2 atom stereocenters. The van der Waals surface area contributed by atoms with Crippen molar-refractivity contribution in [2.24, 2.45) is 5.92 Å². The molecule has 7 nitrogen and oxygen atoms in total. The summed E-state index contributed by atoms with van der Waals surface area (Å²) in [5.74, 6) is -1.26. The lowest BCUT2D eigenvalue weighted by Crippen LogP contribution is -2.53. The van der Waals surface area contributed by atoms with Gasteiger partial charge in [-0.25, -0.2) is 4.98 Å². The Morgan fingerprint density at radius 2 is 1.93 bits per heavy atom. The van der Waals surface area contributed by atoms with Gasteiger partial charge < -0.3 is 15.4 Å². The minimum atomic E-state index is -0.726. The Hall–Kier alpha value is -2.51. The molecule has 0 spiro atoms. The Kier molecular flexibility index (Phi) is 6.03. The summed E-state index contributed by atoms with van der Waals surface area (Å²) in [6, 6.07) is -0.327. The van der Waals surface area contributed by atoms with Crippen LogP contribution in [0.1, 0.15) is 55.6 Å². The molecule has 2 N–H and O–H groups in total. The largest absolute Gasteiger partial charge is 0.479 e. The average Bonchev–Trinajstić information content (AvgIpc) is 2.62. The average molecular weight is 376 g/mol. The van der Waals surface area contributed by atoms with Gasteiger partial charge in [0.05, 0.1) is 13.3 Å². The zero-order valence-corrected chi connectivity index (χ0v) is 15.5. The van der Waals surface area contributed by atoms with E-state index in [1.807, 2.05) is 0 Å². The van der Waals surface area contributed by atoms with E-state index in [4.69, 9.17) is 4.74 Å². The van der Waals surface area contributed by atoms with Crippen molar-refractivity contribution in [3.63, 3.8) is 0 Å². The smallest absolute Gasteiger partial charge is 0.289 e. The molecule has 2 saturated carbocycles. The van der Waals surface area contributed by atoms with Gasteiger partial charge in [-0.05, 0) is 31.6 Å². The molecule has 1 aromatic heterocycles. The van der Waals surface area contributed by atoms with Crippen LogP contribution >= 0.6 is 0 Å². The highest BCUT2D eigenvalue weighted by molar-refractivity contribution is 5.90. The van der Waals surface area contributed by atoms with Gasteiger partial charge >= 0.3 is 0 Å². The van der Waals surface area contributed by atoms with Crippen LogP contribution in [0.25, 0.3) is 0 Å². The highest BCUT2D eigenvalue weighted by Gasteiger charge is 2.30. The molecule has 0 saturated heterocycles. The molecule has 0 bridgehead atoms. The molecule has 2 fully saturated rings. The van der Waals surface area contributed by atoms with E-state index in [9.17, 15) is 14.0 Å². The second kappa shape index (κ2) is 8.45. The van der Waals surface area contributed by atoms with E-state index in [2.05, 4.69) is 27.2 Å². The molecular weight excluding hydrogens is 351 g/mol. The Bertz CT molecular complexity index is 732. The first-order chi connectivity index (χ1) is 13.0. The number of nitrogens with one attached hydrogen (secondary N) is 2. The molecule has 1 aromatic rings. The molecule has 1 heterocycles. The van der Waals surface area contributed by atoms with Gasteiger partial charge in [0.25, 0.3) is 11.8 Å². The van der Waals surface area contributed by atoms with Crippen LogP contribution in [0, 0.1) is 11.7 Å². The minimum absolute atomic E-state index is 0.0124.